The fraction of sp³-hybridized carbons (Fsp3) is 0.409. The highest BCUT2D eigenvalue weighted by Gasteiger charge is 1.94. The number of aldehydes is 1. The van der Waals surface area contributed by atoms with Crippen LogP contribution in [0.3, 0.4) is 0 Å². The summed E-state index contributed by atoms with van der Waals surface area (Å²) in [5, 5.41) is 8.80. The average molecular weight is 358 g/mol. The number of ether oxygens (including phenoxy) is 2. The molecule has 0 fully saturated rings. The molecule has 142 valence electrons. The Kier molecular flexibility index (Phi) is 11.6. The summed E-state index contributed by atoms with van der Waals surface area (Å²) >= 11 is 0. The maximum absolute atomic E-state index is 10.3. The number of aliphatic hydroxyl groups is 1. The van der Waals surface area contributed by atoms with Gasteiger partial charge in [0.25, 0.3) is 0 Å². The summed E-state index contributed by atoms with van der Waals surface area (Å²) < 4.78 is 10.9. The number of hydrogen-bond acceptors (Lipinski definition) is 4. The molecule has 4 heteroatoms. The fourth-order valence-corrected chi connectivity index (χ4v) is 2.00. The quantitative estimate of drug-likeness (QED) is 0.478. The monoisotopic (exact) mass is 358 g/mol. The molecule has 0 aromatic heterocycles. The van der Waals surface area contributed by atoms with Crippen molar-refractivity contribution < 1.29 is 19.4 Å². The van der Waals surface area contributed by atoms with Gasteiger partial charge >= 0.3 is 0 Å². The summed E-state index contributed by atoms with van der Waals surface area (Å²) in [6, 6.07) is 14.7. The van der Waals surface area contributed by atoms with Crippen LogP contribution >= 0.6 is 0 Å². The van der Waals surface area contributed by atoms with E-state index < -0.39 is 0 Å². The first-order valence-electron chi connectivity index (χ1n) is 9.24. The Bertz CT molecular complexity index is 591. The number of benzene rings is 2. The number of unbranched alkanes of at least 4 members (excludes halogenated alkanes) is 2. The highest BCUT2D eigenvalue weighted by Crippen LogP contribution is 2.12. The molecule has 0 amide bonds. The SMILES string of the molecule is CCCCOc1ccc(C=O)cc1.CCCCOc1ccc(CO)cc1. The van der Waals surface area contributed by atoms with Crippen molar-refractivity contribution in [1.82, 2.24) is 0 Å². The van der Waals surface area contributed by atoms with Crippen LogP contribution in [-0.2, 0) is 6.61 Å². The summed E-state index contributed by atoms with van der Waals surface area (Å²) in [6.45, 7) is 5.87. The topological polar surface area (TPSA) is 55.8 Å². The molecule has 1 N–H and O–H groups in total. The molecule has 2 rings (SSSR count). The van der Waals surface area contributed by atoms with E-state index in [-0.39, 0.29) is 6.61 Å². The van der Waals surface area contributed by atoms with Crippen molar-refractivity contribution in [3.8, 4) is 11.5 Å². The zero-order valence-electron chi connectivity index (χ0n) is 15.8. The second-order valence-electron chi connectivity index (χ2n) is 5.89. The van der Waals surface area contributed by atoms with Gasteiger partial charge < -0.3 is 14.6 Å². The normalized spacial score (nSPS) is 9.81. The zero-order chi connectivity index (χ0) is 19.0. The van der Waals surface area contributed by atoms with Gasteiger partial charge in [-0.25, -0.2) is 0 Å². The van der Waals surface area contributed by atoms with Gasteiger partial charge in [0, 0.05) is 5.56 Å². The molecule has 26 heavy (non-hydrogen) atoms. The van der Waals surface area contributed by atoms with E-state index in [4.69, 9.17) is 14.6 Å². The molecule has 0 atom stereocenters. The first kappa shape index (κ1) is 21.7. The first-order chi connectivity index (χ1) is 12.7. The molecule has 2 aromatic carbocycles. The zero-order valence-corrected chi connectivity index (χ0v) is 15.8. The molecule has 2 aromatic rings. The maximum Gasteiger partial charge on any atom is 0.150 e. The third kappa shape index (κ3) is 9.23. The Morgan fingerprint density at radius 3 is 1.65 bits per heavy atom. The minimum atomic E-state index is 0.0925. The lowest BCUT2D eigenvalue weighted by Crippen LogP contribution is -1.96. The molecule has 0 aliphatic heterocycles. The summed E-state index contributed by atoms with van der Waals surface area (Å²) in [6.07, 6.45) is 5.26. The minimum Gasteiger partial charge on any atom is -0.494 e. The number of carbonyl (C=O) groups is 1. The molecule has 0 aliphatic carbocycles. The van der Waals surface area contributed by atoms with Crippen LogP contribution in [0, 0.1) is 0 Å². The molecule has 0 radical (unpaired) electrons. The van der Waals surface area contributed by atoms with Gasteiger partial charge in [0.15, 0.2) is 0 Å². The fourth-order valence-electron chi connectivity index (χ4n) is 2.00. The lowest BCUT2D eigenvalue weighted by Gasteiger charge is -2.05. The second-order valence-corrected chi connectivity index (χ2v) is 5.89. The van der Waals surface area contributed by atoms with E-state index in [0.717, 1.165) is 62.2 Å². The summed E-state index contributed by atoms with van der Waals surface area (Å²) in [7, 11) is 0. The van der Waals surface area contributed by atoms with Crippen molar-refractivity contribution >= 4 is 6.29 Å². The standard InChI is InChI=1S/C11H16O2.C11H14O2/c2*1-2-3-8-13-11-6-4-10(9-12)5-7-11/h4-7,12H,2-3,8-9H2,1H3;4-7,9H,2-3,8H2,1H3. The minimum absolute atomic E-state index is 0.0925. The molecule has 0 saturated heterocycles. The number of hydrogen-bond donors (Lipinski definition) is 1. The van der Waals surface area contributed by atoms with Crippen molar-refractivity contribution in [1.29, 1.82) is 0 Å². The molecule has 0 unspecified atom stereocenters. The Morgan fingerprint density at radius 1 is 0.808 bits per heavy atom. The average Bonchev–Trinajstić information content (AvgIpc) is 2.70. The molecule has 0 bridgehead atoms. The van der Waals surface area contributed by atoms with Crippen LogP contribution in [0.5, 0.6) is 11.5 Å². The van der Waals surface area contributed by atoms with Gasteiger partial charge in [-0.2, -0.15) is 0 Å². The Hall–Kier alpha value is -2.33. The Labute approximate surface area is 156 Å². The second kappa shape index (κ2) is 13.9. The van der Waals surface area contributed by atoms with Crippen molar-refractivity contribution in [2.75, 3.05) is 13.2 Å². The summed E-state index contributed by atoms with van der Waals surface area (Å²) in [5.41, 5.74) is 1.60. The highest BCUT2D eigenvalue weighted by molar-refractivity contribution is 5.74. The third-order valence-electron chi connectivity index (χ3n) is 3.66. The smallest absolute Gasteiger partial charge is 0.150 e. The van der Waals surface area contributed by atoms with Gasteiger partial charge in [0.05, 0.1) is 19.8 Å². The molecule has 0 aliphatic rings. The molecule has 0 heterocycles. The number of aliphatic hydroxyl groups excluding tert-OH is 1. The Morgan fingerprint density at radius 2 is 1.27 bits per heavy atom. The predicted molar refractivity (Wildman–Crippen MR) is 105 cm³/mol. The van der Waals surface area contributed by atoms with E-state index in [9.17, 15) is 4.79 Å². The molecule has 4 nitrogen and oxygen atoms in total. The van der Waals surface area contributed by atoms with E-state index in [0.29, 0.717) is 5.56 Å². The Balaban J connectivity index is 0.000000260. The van der Waals surface area contributed by atoms with Gasteiger partial charge in [-0.05, 0) is 54.8 Å². The van der Waals surface area contributed by atoms with Crippen LogP contribution in [0.15, 0.2) is 48.5 Å². The van der Waals surface area contributed by atoms with E-state index in [1.165, 1.54) is 0 Å². The van der Waals surface area contributed by atoms with E-state index in [1.54, 1.807) is 12.1 Å². The van der Waals surface area contributed by atoms with E-state index in [1.807, 2.05) is 36.4 Å². The van der Waals surface area contributed by atoms with Crippen molar-refractivity contribution in [2.24, 2.45) is 0 Å². The van der Waals surface area contributed by atoms with E-state index in [2.05, 4.69) is 13.8 Å². The van der Waals surface area contributed by atoms with Gasteiger partial charge in [-0.3, -0.25) is 4.79 Å². The lowest BCUT2D eigenvalue weighted by molar-refractivity contribution is 0.112. The van der Waals surface area contributed by atoms with Crippen LogP contribution in [0.1, 0.15) is 55.5 Å². The van der Waals surface area contributed by atoms with Crippen LogP contribution in [-0.4, -0.2) is 24.6 Å². The van der Waals surface area contributed by atoms with Crippen LogP contribution < -0.4 is 9.47 Å². The summed E-state index contributed by atoms with van der Waals surface area (Å²) in [5.74, 6) is 1.71. The van der Waals surface area contributed by atoms with Gasteiger partial charge in [-0.15, -0.1) is 0 Å². The molecular formula is C22H30O4. The van der Waals surface area contributed by atoms with Crippen molar-refractivity contribution in [3.63, 3.8) is 0 Å². The predicted octanol–water partition coefficient (Wildman–Crippen LogP) is 5.04. The summed E-state index contributed by atoms with van der Waals surface area (Å²) in [4.78, 5) is 10.3. The van der Waals surface area contributed by atoms with Gasteiger partial charge in [0.1, 0.15) is 17.8 Å². The molecule has 0 saturated carbocycles. The molecule has 0 spiro atoms. The third-order valence-corrected chi connectivity index (χ3v) is 3.66. The van der Waals surface area contributed by atoms with Crippen molar-refractivity contribution in [3.05, 3.63) is 59.7 Å². The largest absolute Gasteiger partial charge is 0.494 e. The van der Waals surface area contributed by atoms with Crippen LogP contribution in [0.4, 0.5) is 0 Å². The van der Waals surface area contributed by atoms with Crippen molar-refractivity contribution in [2.45, 2.75) is 46.1 Å². The van der Waals surface area contributed by atoms with Gasteiger partial charge in [0.2, 0.25) is 0 Å². The first-order valence-corrected chi connectivity index (χ1v) is 9.24. The van der Waals surface area contributed by atoms with E-state index >= 15 is 0 Å². The number of rotatable bonds is 10. The maximum atomic E-state index is 10.3. The highest BCUT2D eigenvalue weighted by atomic mass is 16.5. The van der Waals surface area contributed by atoms with Crippen LogP contribution in [0.25, 0.3) is 0 Å². The van der Waals surface area contributed by atoms with Crippen LogP contribution in [0.2, 0.25) is 0 Å². The lowest BCUT2D eigenvalue weighted by atomic mass is 10.2. The molecular weight excluding hydrogens is 328 g/mol. The number of carbonyl (C=O) groups excluding carboxylic acids is 1. The van der Waals surface area contributed by atoms with Gasteiger partial charge in [-0.1, -0.05) is 38.8 Å².